The Balaban J connectivity index is 2.13. The van der Waals surface area contributed by atoms with Gasteiger partial charge in [-0.15, -0.1) is 0 Å². The molecule has 2 aromatic carbocycles. The van der Waals surface area contributed by atoms with E-state index in [4.69, 9.17) is 27.9 Å². The molecule has 2 amide bonds. The number of carbonyl (C=O) groups is 1. The van der Waals surface area contributed by atoms with Gasteiger partial charge in [-0.05, 0) is 42.8 Å². The summed E-state index contributed by atoms with van der Waals surface area (Å²) in [4.78, 5) is 12.0. The number of methoxy groups -OCH3 is 1. The van der Waals surface area contributed by atoms with Gasteiger partial charge in [0.05, 0.1) is 23.5 Å². The van der Waals surface area contributed by atoms with Gasteiger partial charge >= 0.3 is 6.03 Å². The Morgan fingerprint density at radius 3 is 2.43 bits per heavy atom. The van der Waals surface area contributed by atoms with Crippen LogP contribution in [0.5, 0.6) is 5.75 Å². The number of halogens is 2. The van der Waals surface area contributed by atoms with E-state index in [1.807, 2.05) is 19.1 Å². The first kappa shape index (κ1) is 15.5. The second-order valence-corrected chi connectivity index (χ2v) is 5.25. The largest absolute Gasteiger partial charge is 0.495 e. The minimum absolute atomic E-state index is 0.369. The minimum Gasteiger partial charge on any atom is -0.495 e. The second-order valence-electron chi connectivity index (χ2n) is 4.41. The third-order valence-corrected chi connectivity index (χ3v) is 3.33. The first-order valence-corrected chi connectivity index (χ1v) is 6.93. The highest BCUT2D eigenvalue weighted by Gasteiger charge is 2.09. The number of anilines is 2. The van der Waals surface area contributed by atoms with E-state index in [1.54, 1.807) is 31.4 Å². The molecule has 0 saturated carbocycles. The summed E-state index contributed by atoms with van der Waals surface area (Å²) >= 11 is 11.8. The van der Waals surface area contributed by atoms with Crippen LogP contribution in [-0.2, 0) is 0 Å². The quantitative estimate of drug-likeness (QED) is 0.838. The van der Waals surface area contributed by atoms with Gasteiger partial charge in [0, 0.05) is 5.02 Å². The van der Waals surface area contributed by atoms with E-state index in [9.17, 15) is 4.79 Å². The molecule has 0 unspecified atom stereocenters. The van der Waals surface area contributed by atoms with E-state index >= 15 is 0 Å². The lowest BCUT2D eigenvalue weighted by Crippen LogP contribution is -2.20. The van der Waals surface area contributed by atoms with Crippen LogP contribution in [0.2, 0.25) is 10.0 Å². The van der Waals surface area contributed by atoms with Crippen LogP contribution in [0.25, 0.3) is 0 Å². The predicted molar refractivity (Wildman–Crippen MR) is 86.8 cm³/mol. The average Bonchev–Trinajstić information content (AvgIpc) is 2.42. The second kappa shape index (κ2) is 6.70. The van der Waals surface area contributed by atoms with Crippen molar-refractivity contribution in [2.24, 2.45) is 0 Å². The number of aryl methyl sites for hydroxylation is 1. The van der Waals surface area contributed by atoms with Crippen molar-refractivity contribution in [1.82, 2.24) is 0 Å². The molecule has 0 aliphatic heterocycles. The Morgan fingerprint density at radius 1 is 1.05 bits per heavy atom. The van der Waals surface area contributed by atoms with Gasteiger partial charge in [0.25, 0.3) is 0 Å². The highest BCUT2D eigenvalue weighted by Crippen LogP contribution is 2.27. The molecule has 110 valence electrons. The highest BCUT2D eigenvalue weighted by atomic mass is 35.5. The van der Waals surface area contributed by atoms with E-state index in [1.165, 1.54) is 0 Å². The summed E-state index contributed by atoms with van der Waals surface area (Å²) in [5, 5.41) is 6.26. The number of ether oxygens (including phenoxy) is 1. The van der Waals surface area contributed by atoms with Crippen LogP contribution in [0.3, 0.4) is 0 Å². The van der Waals surface area contributed by atoms with Crippen molar-refractivity contribution in [3.63, 3.8) is 0 Å². The standard InChI is InChI=1S/C15H14Cl2N2O2/c1-9-3-6-14(21-2)13(7-9)19-15(20)18-12-5-4-10(16)8-11(12)17/h3-8H,1-2H3,(H2,18,19,20). The number of amides is 2. The molecule has 0 saturated heterocycles. The molecule has 0 fully saturated rings. The van der Waals surface area contributed by atoms with Crippen molar-refractivity contribution in [3.8, 4) is 5.75 Å². The first-order valence-electron chi connectivity index (χ1n) is 6.17. The van der Waals surface area contributed by atoms with Crippen molar-refractivity contribution >= 4 is 40.6 Å². The zero-order chi connectivity index (χ0) is 15.4. The SMILES string of the molecule is COc1ccc(C)cc1NC(=O)Nc1ccc(Cl)cc1Cl. The fourth-order valence-electron chi connectivity index (χ4n) is 1.79. The summed E-state index contributed by atoms with van der Waals surface area (Å²) in [6.07, 6.45) is 0. The minimum atomic E-state index is -0.414. The lowest BCUT2D eigenvalue weighted by Gasteiger charge is -2.12. The maximum atomic E-state index is 12.0. The molecule has 2 rings (SSSR count). The fourth-order valence-corrected chi connectivity index (χ4v) is 2.24. The molecule has 0 atom stereocenters. The molecular formula is C15H14Cl2N2O2. The van der Waals surface area contributed by atoms with Crippen molar-refractivity contribution < 1.29 is 9.53 Å². The number of rotatable bonds is 3. The monoisotopic (exact) mass is 324 g/mol. The zero-order valence-electron chi connectivity index (χ0n) is 11.5. The molecule has 0 bridgehead atoms. The molecule has 21 heavy (non-hydrogen) atoms. The molecule has 0 heterocycles. The summed E-state index contributed by atoms with van der Waals surface area (Å²) in [7, 11) is 1.55. The number of hydrogen-bond donors (Lipinski definition) is 2. The van der Waals surface area contributed by atoms with Gasteiger partial charge in [-0.25, -0.2) is 4.79 Å². The maximum Gasteiger partial charge on any atom is 0.323 e. The summed E-state index contributed by atoms with van der Waals surface area (Å²) in [5.74, 6) is 0.581. The average molecular weight is 325 g/mol. The van der Waals surface area contributed by atoms with Crippen LogP contribution in [0.1, 0.15) is 5.56 Å². The van der Waals surface area contributed by atoms with Crippen LogP contribution < -0.4 is 15.4 Å². The number of hydrogen-bond acceptors (Lipinski definition) is 2. The van der Waals surface area contributed by atoms with Gasteiger partial charge in [-0.3, -0.25) is 0 Å². The molecule has 6 heteroatoms. The summed E-state index contributed by atoms with van der Waals surface area (Å²) < 4.78 is 5.20. The van der Waals surface area contributed by atoms with E-state index in [0.29, 0.717) is 27.2 Å². The number of urea groups is 1. The van der Waals surface area contributed by atoms with Gasteiger partial charge in [0.1, 0.15) is 5.75 Å². The maximum absolute atomic E-state index is 12.0. The van der Waals surface area contributed by atoms with Crippen LogP contribution in [-0.4, -0.2) is 13.1 Å². The third kappa shape index (κ3) is 4.03. The van der Waals surface area contributed by atoms with Gasteiger partial charge < -0.3 is 15.4 Å². The van der Waals surface area contributed by atoms with Crippen molar-refractivity contribution in [2.75, 3.05) is 17.7 Å². The van der Waals surface area contributed by atoms with Crippen LogP contribution in [0.15, 0.2) is 36.4 Å². The molecule has 4 nitrogen and oxygen atoms in total. The molecule has 0 aliphatic rings. The van der Waals surface area contributed by atoms with Gasteiger partial charge in [0.2, 0.25) is 0 Å². The molecule has 0 aromatic heterocycles. The van der Waals surface area contributed by atoms with Crippen molar-refractivity contribution in [2.45, 2.75) is 6.92 Å². The predicted octanol–water partition coefficient (Wildman–Crippen LogP) is 4.95. The molecule has 0 spiro atoms. The summed E-state index contributed by atoms with van der Waals surface area (Å²) in [6, 6.07) is 9.95. The fraction of sp³-hybridized carbons (Fsp3) is 0.133. The normalized spacial score (nSPS) is 10.1. The number of carbonyl (C=O) groups excluding carboxylic acids is 1. The van der Waals surface area contributed by atoms with Gasteiger partial charge in [-0.2, -0.15) is 0 Å². The van der Waals surface area contributed by atoms with Crippen molar-refractivity contribution in [1.29, 1.82) is 0 Å². The lowest BCUT2D eigenvalue weighted by molar-refractivity contribution is 0.262. The Labute approximate surface area is 133 Å². The van der Waals surface area contributed by atoms with Crippen LogP contribution in [0, 0.1) is 6.92 Å². The highest BCUT2D eigenvalue weighted by molar-refractivity contribution is 6.36. The third-order valence-electron chi connectivity index (χ3n) is 2.78. The lowest BCUT2D eigenvalue weighted by atomic mass is 10.2. The van der Waals surface area contributed by atoms with E-state index in [-0.39, 0.29) is 0 Å². The van der Waals surface area contributed by atoms with Crippen LogP contribution in [0.4, 0.5) is 16.2 Å². The Kier molecular flexibility index (Phi) is 4.94. The first-order chi connectivity index (χ1) is 9.99. The number of nitrogens with one attached hydrogen (secondary N) is 2. The van der Waals surface area contributed by atoms with Gasteiger partial charge in [-0.1, -0.05) is 29.3 Å². The van der Waals surface area contributed by atoms with E-state index in [0.717, 1.165) is 5.56 Å². The topological polar surface area (TPSA) is 50.4 Å². The Morgan fingerprint density at radius 2 is 1.76 bits per heavy atom. The summed E-state index contributed by atoms with van der Waals surface area (Å²) in [5.41, 5.74) is 2.07. The number of benzene rings is 2. The molecule has 0 radical (unpaired) electrons. The van der Waals surface area contributed by atoms with Crippen molar-refractivity contribution in [3.05, 3.63) is 52.0 Å². The van der Waals surface area contributed by atoms with E-state index in [2.05, 4.69) is 10.6 Å². The molecule has 2 N–H and O–H groups in total. The molecule has 2 aromatic rings. The molecule has 0 aliphatic carbocycles. The van der Waals surface area contributed by atoms with Crippen LogP contribution >= 0.6 is 23.2 Å². The zero-order valence-corrected chi connectivity index (χ0v) is 13.0. The van der Waals surface area contributed by atoms with Gasteiger partial charge in [0.15, 0.2) is 0 Å². The molecular weight excluding hydrogens is 311 g/mol. The summed E-state index contributed by atoms with van der Waals surface area (Å²) in [6.45, 7) is 1.93. The smallest absolute Gasteiger partial charge is 0.323 e. The van der Waals surface area contributed by atoms with E-state index < -0.39 is 6.03 Å². The Hall–Kier alpha value is -1.91. The Bertz CT molecular complexity index is 675.